The first-order valence-corrected chi connectivity index (χ1v) is 11.2. The highest BCUT2D eigenvalue weighted by atomic mass is 35.5. The Morgan fingerprint density at radius 1 is 1.16 bits per heavy atom. The molecule has 0 bridgehead atoms. The van der Waals surface area contributed by atoms with Crippen LogP contribution < -0.4 is 5.32 Å². The van der Waals surface area contributed by atoms with E-state index in [1.165, 1.54) is 0 Å². The average molecular weight is 439 g/mol. The molecule has 2 heterocycles. The molecule has 1 atom stereocenters. The largest absolute Gasteiger partial charge is 0.356 e. The van der Waals surface area contributed by atoms with Crippen molar-refractivity contribution in [3.05, 3.63) is 71.1 Å². The van der Waals surface area contributed by atoms with Crippen LogP contribution >= 0.6 is 11.6 Å². The molecule has 0 saturated carbocycles. The van der Waals surface area contributed by atoms with Crippen LogP contribution in [0.15, 0.2) is 59.1 Å². The maximum absolute atomic E-state index is 12.6. The first-order chi connectivity index (χ1) is 15.2. The molecule has 1 fully saturated rings. The lowest BCUT2D eigenvalue weighted by atomic mass is 9.97. The van der Waals surface area contributed by atoms with Crippen LogP contribution in [0.2, 0.25) is 5.02 Å². The predicted molar refractivity (Wildman–Crippen MR) is 121 cm³/mol. The van der Waals surface area contributed by atoms with Crippen LogP contribution in [-0.2, 0) is 17.8 Å². The van der Waals surface area contributed by atoms with E-state index in [-0.39, 0.29) is 11.8 Å². The van der Waals surface area contributed by atoms with E-state index < -0.39 is 0 Å². The van der Waals surface area contributed by atoms with Crippen LogP contribution in [0.1, 0.15) is 30.7 Å². The van der Waals surface area contributed by atoms with Gasteiger partial charge in [-0.05, 0) is 43.9 Å². The lowest BCUT2D eigenvalue weighted by Crippen LogP contribution is -2.43. The number of amides is 1. The molecule has 1 unspecified atom stereocenters. The van der Waals surface area contributed by atoms with Gasteiger partial charge in [0.05, 0.1) is 12.5 Å². The van der Waals surface area contributed by atoms with Gasteiger partial charge in [0, 0.05) is 23.7 Å². The van der Waals surface area contributed by atoms with Crippen molar-refractivity contribution in [2.24, 2.45) is 5.92 Å². The average Bonchev–Trinajstić information content (AvgIpc) is 3.27. The standard InChI is InChI=1S/C24H27ClN4O2/c25-21-13-5-4-8-18(21)11-6-14-26-24(30)20-12-7-15-29(16-20)17-22-27-23(28-31-22)19-9-2-1-3-10-19/h1-5,8-10,13,20H,6-7,11-12,14-17H2,(H,26,30). The summed E-state index contributed by atoms with van der Waals surface area (Å²) in [4.78, 5) is 19.4. The molecule has 0 spiro atoms. The summed E-state index contributed by atoms with van der Waals surface area (Å²) in [6.45, 7) is 2.86. The fourth-order valence-electron chi connectivity index (χ4n) is 3.96. The third-order valence-electron chi connectivity index (χ3n) is 5.62. The van der Waals surface area contributed by atoms with Gasteiger partial charge in [0.2, 0.25) is 17.6 Å². The first kappa shape index (κ1) is 21.5. The summed E-state index contributed by atoms with van der Waals surface area (Å²) in [7, 11) is 0. The highest BCUT2D eigenvalue weighted by Crippen LogP contribution is 2.21. The van der Waals surface area contributed by atoms with Crippen molar-refractivity contribution >= 4 is 17.5 Å². The second-order valence-electron chi connectivity index (χ2n) is 7.94. The summed E-state index contributed by atoms with van der Waals surface area (Å²) in [5.74, 6) is 1.30. The summed E-state index contributed by atoms with van der Waals surface area (Å²) in [6.07, 6.45) is 3.62. The Balaban J connectivity index is 1.23. The number of aromatic nitrogens is 2. The quantitative estimate of drug-likeness (QED) is 0.529. The molecule has 1 saturated heterocycles. The zero-order valence-electron chi connectivity index (χ0n) is 17.5. The van der Waals surface area contributed by atoms with Gasteiger partial charge in [0.25, 0.3) is 0 Å². The van der Waals surface area contributed by atoms with E-state index in [1.807, 2.05) is 54.6 Å². The molecule has 162 valence electrons. The van der Waals surface area contributed by atoms with Crippen molar-refractivity contribution in [1.29, 1.82) is 0 Å². The van der Waals surface area contributed by atoms with E-state index in [1.54, 1.807) is 0 Å². The Morgan fingerprint density at radius 2 is 1.97 bits per heavy atom. The molecule has 7 heteroatoms. The molecular weight excluding hydrogens is 412 g/mol. The smallest absolute Gasteiger partial charge is 0.241 e. The van der Waals surface area contributed by atoms with E-state index in [4.69, 9.17) is 16.1 Å². The molecule has 3 aromatic rings. The topological polar surface area (TPSA) is 71.3 Å². The van der Waals surface area contributed by atoms with Crippen molar-refractivity contribution in [1.82, 2.24) is 20.4 Å². The molecule has 1 aliphatic heterocycles. The number of likely N-dealkylation sites (tertiary alicyclic amines) is 1. The molecule has 0 radical (unpaired) electrons. The molecule has 1 aliphatic rings. The fraction of sp³-hybridized carbons (Fsp3) is 0.375. The minimum absolute atomic E-state index is 0.00872. The number of piperidine rings is 1. The predicted octanol–water partition coefficient (Wildman–Crippen LogP) is 4.35. The van der Waals surface area contributed by atoms with E-state index >= 15 is 0 Å². The Morgan fingerprint density at radius 3 is 2.81 bits per heavy atom. The van der Waals surface area contributed by atoms with Crippen LogP contribution in [-0.4, -0.2) is 40.6 Å². The number of carbonyl (C=O) groups excluding carboxylic acids is 1. The Kier molecular flexibility index (Phi) is 7.33. The lowest BCUT2D eigenvalue weighted by Gasteiger charge is -2.30. The zero-order valence-corrected chi connectivity index (χ0v) is 18.2. The zero-order chi connectivity index (χ0) is 21.5. The highest BCUT2D eigenvalue weighted by Gasteiger charge is 2.26. The van der Waals surface area contributed by atoms with Gasteiger partial charge in [0.1, 0.15) is 0 Å². The summed E-state index contributed by atoms with van der Waals surface area (Å²) < 4.78 is 5.43. The number of rotatable bonds is 8. The Bertz CT molecular complexity index is 992. The summed E-state index contributed by atoms with van der Waals surface area (Å²) in [5, 5.41) is 7.96. The van der Waals surface area contributed by atoms with Crippen molar-refractivity contribution in [3.63, 3.8) is 0 Å². The molecule has 2 aromatic carbocycles. The van der Waals surface area contributed by atoms with Crippen molar-refractivity contribution in [2.45, 2.75) is 32.2 Å². The van der Waals surface area contributed by atoms with E-state index in [2.05, 4.69) is 20.4 Å². The van der Waals surface area contributed by atoms with Gasteiger partial charge in [-0.3, -0.25) is 9.69 Å². The normalized spacial score (nSPS) is 16.9. The van der Waals surface area contributed by atoms with E-state index in [0.29, 0.717) is 31.3 Å². The van der Waals surface area contributed by atoms with Gasteiger partial charge < -0.3 is 9.84 Å². The third-order valence-corrected chi connectivity index (χ3v) is 5.98. The molecule has 6 nitrogen and oxygen atoms in total. The van der Waals surface area contributed by atoms with Crippen LogP contribution in [0.25, 0.3) is 11.4 Å². The molecule has 1 N–H and O–H groups in total. The Labute approximate surface area is 187 Å². The monoisotopic (exact) mass is 438 g/mol. The van der Waals surface area contributed by atoms with Gasteiger partial charge in [-0.25, -0.2) is 0 Å². The van der Waals surface area contributed by atoms with Gasteiger partial charge in [-0.15, -0.1) is 0 Å². The molecule has 31 heavy (non-hydrogen) atoms. The summed E-state index contributed by atoms with van der Waals surface area (Å²) >= 11 is 6.20. The van der Waals surface area contributed by atoms with Crippen LogP contribution in [0.3, 0.4) is 0 Å². The second kappa shape index (κ2) is 10.6. The number of halogens is 1. The minimum Gasteiger partial charge on any atom is -0.356 e. The minimum atomic E-state index is -0.00872. The lowest BCUT2D eigenvalue weighted by molar-refractivity contribution is -0.126. The molecule has 0 aliphatic carbocycles. The molecule has 1 aromatic heterocycles. The number of benzene rings is 2. The maximum atomic E-state index is 12.6. The van der Waals surface area contributed by atoms with Crippen molar-refractivity contribution < 1.29 is 9.32 Å². The van der Waals surface area contributed by atoms with Gasteiger partial charge >= 0.3 is 0 Å². The van der Waals surface area contributed by atoms with Crippen LogP contribution in [0.5, 0.6) is 0 Å². The van der Waals surface area contributed by atoms with Crippen molar-refractivity contribution in [3.8, 4) is 11.4 Å². The van der Waals surface area contributed by atoms with E-state index in [9.17, 15) is 4.79 Å². The summed E-state index contributed by atoms with van der Waals surface area (Å²) in [5.41, 5.74) is 2.06. The van der Waals surface area contributed by atoms with Gasteiger partial charge in [0.15, 0.2) is 0 Å². The third kappa shape index (κ3) is 5.93. The van der Waals surface area contributed by atoms with E-state index in [0.717, 1.165) is 48.4 Å². The molecule has 1 amide bonds. The van der Waals surface area contributed by atoms with Crippen LogP contribution in [0, 0.1) is 5.92 Å². The number of carbonyl (C=O) groups is 1. The number of aryl methyl sites for hydroxylation is 1. The molecular formula is C24H27ClN4O2. The summed E-state index contributed by atoms with van der Waals surface area (Å²) in [6, 6.07) is 17.6. The van der Waals surface area contributed by atoms with Gasteiger partial charge in [-0.2, -0.15) is 4.98 Å². The van der Waals surface area contributed by atoms with Crippen LogP contribution in [0.4, 0.5) is 0 Å². The number of hydrogen-bond donors (Lipinski definition) is 1. The molecule has 4 rings (SSSR count). The second-order valence-corrected chi connectivity index (χ2v) is 8.35. The number of nitrogens with one attached hydrogen (secondary N) is 1. The van der Waals surface area contributed by atoms with Crippen molar-refractivity contribution in [2.75, 3.05) is 19.6 Å². The highest BCUT2D eigenvalue weighted by molar-refractivity contribution is 6.31. The Hall–Kier alpha value is -2.70. The number of nitrogens with zero attached hydrogens (tertiary/aromatic N) is 3. The maximum Gasteiger partial charge on any atom is 0.241 e. The van der Waals surface area contributed by atoms with Gasteiger partial charge in [-0.1, -0.05) is 65.3 Å². The number of hydrogen-bond acceptors (Lipinski definition) is 5. The first-order valence-electron chi connectivity index (χ1n) is 10.8. The fourth-order valence-corrected chi connectivity index (χ4v) is 4.19. The SMILES string of the molecule is O=C(NCCCc1ccccc1Cl)C1CCCN(Cc2nc(-c3ccccc3)no2)C1.